The van der Waals surface area contributed by atoms with Crippen molar-refractivity contribution in [2.24, 2.45) is 0 Å². The molecule has 0 radical (unpaired) electrons. The van der Waals surface area contributed by atoms with E-state index in [1.165, 1.54) is 12.1 Å². The predicted molar refractivity (Wildman–Crippen MR) is 139 cm³/mol. The summed E-state index contributed by atoms with van der Waals surface area (Å²) in [5.41, 5.74) is 1.15. The highest BCUT2D eigenvalue weighted by Crippen LogP contribution is 2.32. The SMILES string of the molecule is O=C(NCC(=O)N1CCCCN(Cc2cccc(C(F)(F)F)c2)c2ccccc2OCC1)c1ccccc1. The number of nitrogens with one attached hydrogen (secondary N) is 1. The van der Waals surface area contributed by atoms with Gasteiger partial charge in [-0.25, -0.2) is 0 Å². The molecule has 200 valence electrons. The molecule has 9 heteroatoms. The van der Waals surface area contributed by atoms with E-state index in [-0.39, 0.29) is 25.0 Å². The first-order valence-electron chi connectivity index (χ1n) is 12.6. The van der Waals surface area contributed by atoms with Crippen LogP contribution in [0, 0.1) is 0 Å². The van der Waals surface area contributed by atoms with Crippen molar-refractivity contribution in [1.29, 1.82) is 0 Å². The van der Waals surface area contributed by atoms with E-state index in [9.17, 15) is 22.8 Å². The number of fused-ring (bicyclic) bond motifs is 1. The Morgan fingerprint density at radius 1 is 0.868 bits per heavy atom. The number of ether oxygens (including phenoxy) is 1. The number of para-hydroxylation sites is 2. The van der Waals surface area contributed by atoms with Gasteiger partial charge >= 0.3 is 6.18 Å². The Morgan fingerprint density at radius 3 is 2.39 bits per heavy atom. The second-order valence-corrected chi connectivity index (χ2v) is 9.07. The number of anilines is 1. The lowest BCUT2D eigenvalue weighted by Gasteiger charge is -2.27. The summed E-state index contributed by atoms with van der Waals surface area (Å²) in [5.74, 6) is 0.0876. The summed E-state index contributed by atoms with van der Waals surface area (Å²) in [6.45, 7) is 1.82. The third-order valence-corrected chi connectivity index (χ3v) is 6.35. The van der Waals surface area contributed by atoms with Gasteiger partial charge in [0.1, 0.15) is 12.4 Å². The number of carbonyl (C=O) groups is 2. The second-order valence-electron chi connectivity index (χ2n) is 9.07. The molecule has 0 aromatic heterocycles. The highest BCUT2D eigenvalue weighted by atomic mass is 19.4. The molecule has 3 aromatic rings. The maximum atomic E-state index is 13.2. The van der Waals surface area contributed by atoms with E-state index in [0.29, 0.717) is 55.9 Å². The average Bonchev–Trinajstić information content (AvgIpc) is 2.96. The van der Waals surface area contributed by atoms with Crippen molar-refractivity contribution in [3.8, 4) is 5.75 Å². The third-order valence-electron chi connectivity index (χ3n) is 6.35. The van der Waals surface area contributed by atoms with E-state index >= 15 is 0 Å². The number of rotatable bonds is 5. The van der Waals surface area contributed by atoms with Crippen LogP contribution in [-0.2, 0) is 17.5 Å². The van der Waals surface area contributed by atoms with Crippen molar-refractivity contribution in [1.82, 2.24) is 10.2 Å². The third kappa shape index (κ3) is 7.27. The van der Waals surface area contributed by atoms with E-state index in [2.05, 4.69) is 5.32 Å². The first-order chi connectivity index (χ1) is 18.3. The zero-order valence-corrected chi connectivity index (χ0v) is 20.9. The van der Waals surface area contributed by atoms with Gasteiger partial charge in [-0.2, -0.15) is 13.2 Å². The predicted octanol–water partition coefficient (Wildman–Crippen LogP) is 5.14. The van der Waals surface area contributed by atoms with Crippen LogP contribution in [0.5, 0.6) is 5.75 Å². The molecule has 6 nitrogen and oxygen atoms in total. The zero-order chi connectivity index (χ0) is 27.0. The molecule has 3 aromatic carbocycles. The minimum atomic E-state index is -4.41. The molecule has 0 atom stereocenters. The van der Waals surface area contributed by atoms with Crippen LogP contribution in [0.1, 0.15) is 34.3 Å². The molecule has 1 heterocycles. The van der Waals surface area contributed by atoms with Crippen molar-refractivity contribution < 1.29 is 27.5 Å². The molecule has 0 unspecified atom stereocenters. The molecule has 0 aliphatic carbocycles. The van der Waals surface area contributed by atoms with Crippen LogP contribution in [0.15, 0.2) is 78.9 Å². The minimum Gasteiger partial charge on any atom is -0.490 e. The quantitative estimate of drug-likeness (QED) is 0.501. The maximum absolute atomic E-state index is 13.2. The Hall–Kier alpha value is -4.01. The summed E-state index contributed by atoms with van der Waals surface area (Å²) in [7, 11) is 0. The molecular weight excluding hydrogens is 495 g/mol. The summed E-state index contributed by atoms with van der Waals surface area (Å²) in [6, 6.07) is 21.5. The maximum Gasteiger partial charge on any atom is 0.416 e. The molecule has 0 fully saturated rings. The van der Waals surface area contributed by atoms with E-state index in [4.69, 9.17) is 4.74 Å². The number of hydrogen-bond acceptors (Lipinski definition) is 4. The Bertz CT molecular complexity index is 1230. The molecule has 0 spiro atoms. The highest BCUT2D eigenvalue weighted by Gasteiger charge is 2.30. The Morgan fingerprint density at radius 2 is 1.61 bits per heavy atom. The van der Waals surface area contributed by atoms with Gasteiger partial charge in [0.2, 0.25) is 5.91 Å². The largest absolute Gasteiger partial charge is 0.490 e. The molecule has 1 aliphatic rings. The lowest BCUT2D eigenvalue weighted by Crippen LogP contribution is -2.42. The molecule has 1 aliphatic heterocycles. The Labute approximate surface area is 220 Å². The summed E-state index contributed by atoms with van der Waals surface area (Å²) < 4.78 is 45.8. The fraction of sp³-hybridized carbons (Fsp3) is 0.310. The van der Waals surface area contributed by atoms with Crippen molar-refractivity contribution in [3.05, 3.63) is 95.6 Å². The molecule has 4 rings (SSSR count). The Kier molecular flexibility index (Phi) is 8.89. The van der Waals surface area contributed by atoms with E-state index in [1.807, 2.05) is 35.2 Å². The van der Waals surface area contributed by atoms with Crippen LogP contribution in [0.2, 0.25) is 0 Å². The molecule has 0 saturated carbocycles. The standard InChI is InChI=1S/C29H30F3N3O3/c30-29(31,32)24-12-8-9-22(19-24)21-35-16-7-6-15-34(17-18-38-26-14-5-4-13-25(26)35)27(36)20-33-28(37)23-10-2-1-3-11-23/h1-5,8-14,19H,6-7,15-18,20-21H2,(H,33,37). The number of halogens is 3. The second kappa shape index (κ2) is 12.5. The molecule has 2 amide bonds. The van der Waals surface area contributed by atoms with E-state index in [1.54, 1.807) is 35.2 Å². The summed E-state index contributed by atoms with van der Waals surface area (Å²) in [6.07, 6.45) is -3.00. The molecule has 38 heavy (non-hydrogen) atoms. The highest BCUT2D eigenvalue weighted by molar-refractivity contribution is 5.96. The lowest BCUT2D eigenvalue weighted by molar-refractivity contribution is -0.137. The first kappa shape index (κ1) is 27.0. The topological polar surface area (TPSA) is 61.9 Å². The van der Waals surface area contributed by atoms with Crippen LogP contribution < -0.4 is 15.0 Å². The fourth-order valence-electron chi connectivity index (χ4n) is 4.38. The molecular formula is C29H30F3N3O3. The smallest absolute Gasteiger partial charge is 0.416 e. The monoisotopic (exact) mass is 525 g/mol. The minimum absolute atomic E-state index is 0.119. The van der Waals surface area contributed by atoms with Gasteiger partial charge in [-0.05, 0) is 54.8 Å². The van der Waals surface area contributed by atoms with Crippen LogP contribution in [-0.4, -0.2) is 49.5 Å². The van der Waals surface area contributed by atoms with Crippen LogP contribution in [0.25, 0.3) is 0 Å². The van der Waals surface area contributed by atoms with Gasteiger partial charge in [-0.1, -0.05) is 42.5 Å². The van der Waals surface area contributed by atoms with Gasteiger partial charge in [0.15, 0.2) is 0 Å². The average molecular weight is 526 g/mol. The van der Waals surface area contributed by atoms with Crippen molar-refractivity contribution >= 4 is 17.5 Å². The summed E-state index contributed by atoms with van der Waals surface area (Å²) >= 11 is 0. The van der Waals surface area contributed by atoms with Crippen LogP contribution in [0.3, 0.4) is 0 Å². The van der Waals surface area contributed by atoms with Gasteiger partial charge in [0.05, 0.1) is 24.3 Å². The zero-order valence-electron chi connectivity index (χ0n) is 20.9. The van der Waals surface area contributed by atoms with Crippen molar-refractivity contribution in [3.63, 3.8) is 0 Å². The molecule has 0 saturated heterocycles. The fourth-order valence-corrected chi connectivity index (χ4v) is 4.38. The number of benzene rings is 3. The Balaban J connectivity index is 1.43. The number of hydrogen-bond donors (Lipinski definition) is 1. The van der Waals surface area contributed by atoms with Gasteiger partial charge in [0, 0.05) is 25.2 Å². The number of alkyl halides is 3. The van der Waals surface area contributed by atoms with E-state index in [0.717, 1.165) is 11.8 Å². The van der Waals surface area contributed by atoms with Gasteiger partial charge in [0.25, 0.3) is 5.91 Å². The van der Waals surface area contributed by atoms with Crippen LogP contribution in [0.4, 0.5) is 18.9 Å². The van der Waals surface area contributed by atoms with Crippen LogP contribution >= 0.6 is 0 Å². The van der Waals surface area contributed by atoms with E-state index < -0.39 is 11.7 Å². The van der Waals surface area contributed by atoms with Gasteiger partial charge in [-0.15, -0.1) is 0 Å². The van der Waals surface area contributed by atoms with Gasteiger partial charge in [-0.3, -0.25) is 9.59 Å². The van der Waals surface area contributed by atoms with Gasteiger partial charge < -0.3 is 19.9 Å². The van der Waals surface area contributed by atoms with Crippen molar-refractivity contribution in [2.45, 2.75) is 25.6 Å². The number of amides is 2. The molecule has 0 bridgehead atoms. The lowest BCUT2D eigenvalue weighted by atomic mass is 10.1. The number of nitrogens with zero attached hydrogens (tertiary/aromatic N) is 2. The summed E-state index contributed by atoms with van der Waals surface area (Å²) in [5, 5.41) is 2.68. The summed E-state index contributed by atoms with van der Waals surface area (Å²) in [4.78, 5) is 28.9. The van der Waals surface area contributed by atoms with Crippen molar-refractivity contribution in [2.75, 3.05) is 37.7 Å². The first-order valence-corrected chi connectivity index (χ1v) is 12.6. The normalized spacial score (nSPS) is 14.6. The molecule has 1 N–H and O–H groups in total. The number of carbonyl (C=O) groups excluding carboxylic acids is 2.